The highest BCUT2D eigenvalue weighted by atomic mass is 31.2. The fraction of sp³-hybridized carbons (Fsp3) is 0.932. The molecule has 0 rings (SSSR count). The van der Waals surface area contributed by atoms with Crippen molar-refractivity contribution >= 4 is 13.7 Å². The van der Waals surface area contributed by atoms with Gasteiger partial charge in [0.05, 0.1) is 39.9 Å². The number of allylic oxidation sites excluding steroid dienone is 1. The van der Waals surface area contributed by atoms with Gasteiger partial charge in [0.1, 0.15) is 13.2 Å². The minimum absolute atomic E-state index is 0.00182. The zero-order valence-electron chi connectivity index (χ0n) is 35.7. The fourth-order valence-corrected chi connectivity index (χ4v) is 7.35. The van der Waals surface area contributed by atoms with Crippen LogP contribution in [0.5, 0.6) is 0 Å². The van der Waals surface area contributed by atoms with Gasteiger partial charge in [0.25, 0.3) is 7.82 Å². The maximum Gasteiger partial charge on any atom is 0.268 e. The van der Waals surface area contributed by atoms with E-state index in [-0.39, 0.29) is 19.1 Å². The van der Waals surface area contributed by atoms with Gasteiger partial charge in [-0.3, -0.25) is 9.36 Å². The Morgan fingerprint density at radius 2 is 1.02 bits per heavy atom. The normalized spacial score (nSPS) is 14.5. The van der Waals surface area contributed by atoms with E-state index >= 15 is 0 Å². The maximum absolute atomic E-state index is 12.8. The highest BCUT2D eigenvalue weighted by molar-refractivity contribution is 7.45. The lowest BCUT2D eigenvalue weighted by Crippen LogP contribution is -2.45. The number of phosphoric ester groups is 1. The van der Waals surface area contributed by atoms with Crippen LogP contribution >= 0.6 is 7.82 Å². The predicted molar refractivity (Wildman–Crippen MR) is 224 cm³/mol. The van der Waals surface area contributed by atoms with Gasteiger partial charge in [-0.15, -0.1) is 0 Å². The molecule has 3 unspecified atom stereocenters. The number of aliphatic hydroxyl groups is 1. The number of rotatable bonds is 41. The highest BCUT2D eigenvalue weighted by Crippen LogP contribution is 2.38. The van der Waals surface area contributed by atoms with E-state index in [0.717, 1.165) is 38.5 Å². The molecular formula is C44H89N2O6P. The second-order valence-electron chi connectivity index (χ2n) is 16.8. The molecule has 1 amide bonds. The third-order valence-electron chi connectivity index (χ3n) is 10.2. The lowest BCUT2D eigenvalue weighted by Gasteiger charge is -2.29. The number of unbranched alkanes of at least 4 members (excludes halogenated alkanes) is 28. The quantitative estimate of drug-likeness (QED) is 0.0277. The molecule has 0 aromatic heterocycles. The summed E-state index contributed by atoms with van der Waals surface area (Å²) in [6, 6.07) is -0.878. The molecule has 2 N–H and O–H groups in total. The van der Waals surface area contributed by atoms with Crippen LogP contribution in [0.25, 0.3) is 0 Å². The number of hydrogen-bond donors (Lipinski definition) is 2. The summed E-state index contributed by atoms with van der Waals surface area (Å²) in [4.78, 5) is 25.2. The van der Waals surface area contributed by atoms with Gasteiger partial charge >= 0.3 is 0 Å². The summed E-state index contributed by atoms with van der Waals surface area (Å²) in [6.07, 6.45) is 41.2. The number of carbonyl (C=O) groups excluding carboxylic acids is 1. The van der Waals surface area contributed by atoms with Gasteiger partial charge in [-0.05, 0) is 19.3 Å². The SMILES string of the molecule is CCCCCCCCCC/C=C/C(O)C(COP(=O)([O-])OCC[N+](C)(C)C)NC(=O)CCCCCCCCCCCCCCCCCCCCCCC. The topological polar surface area (TPSA) is 108 Å². The van der Waals surface area contributed by atoms with Gasteiger partial charge < -0.3 is 28.8 Å². The first-order chi connectivity index (χ1) is 25.5. The number of nitrogens with one attached hydrogen (secondary N) is 1. The van der Waals surface area contributed by atoms with Gasteiger partial charge in [-0.1, -0.05) is 199 Å². The predicted octanol–water partition coefficient (Wildman–Crippen LogP) is 11.7. The Morgan fingerprint density at radius 1 is 0.642 bits per heavy atom. The van der Waals surface area contributed by atoms with Gasteiger partial charge in [0, 0.05) is 6.42 Å². The Bertz CT molecular complexity index is 880. The van der Waals surface area contributed by atoms with Crippen LogP contribution in [-0.4, -0.2) is 68.5 Å². The standard InChI is InChI=1S/C44H89N2O6P/c1-6-8-10-12-14-16-18-19-20-21-22-23-24-25-26-27-28-30-32-34-36-38-44(48)45-42(41-52-53(49,50)51-40-39-46(3,4)5)43(47)37-35-33-31-29-17-15-13-11-9-7-2/h35,37,42-43,47H,6-34,36,38-41H2,1-5H3,(H-,45,48,49,50)/b37-35+. The van der Waals surface area contributed by atoms with Crippen LogP contribution in [0.1, 0.15) is 213 Å². The van der Waals surface area contributed by atoms with Crippen molar-refractivity contribution in [2.75, 3.05) is 40.9 Å². The summed E-state index contributed by atoms with van der Waals surface area (Å²) in [5.41, 5.74) is 0. The Labute approximate surface area is 329 Å². The first-order valence-electron chi connectivity index (χ1n) is 22.6. The number of amides is 1. The van der Waals surface area contributed by atoms with Crippen LogP contribution in [0, 0.1) is 0 Å². The molecule has 0 bridgehead atoms. The van der Waals surface area contributed by atoms with Crippen molar-refractivity contribution < 1.29 is 32.9 Å². The van der Waals surface area contributed by atoms with E-state index in [1.165, 1.54) is 154 Å². The van der Waals surface area contributed by atoms with E-state index in [1.54, 1.807) is 6.08 Å². The molecule has 0 heterocycles. The van der Waals surface area contributed by atoms with Crippen LogP contribution < -0.4 is 10.2 Å². The van der Waals surface area contributed by atoms with Crippen LogP contribution in [0.15, 0.2) is 12.2 Å². The van der Waals surface area contributed by atoms with Gasteiger partial charge in [-0.25, -0.2) is 0 Å². The van der Waals surface area contributed by atoms with Crippen molar-refractivity contribution in [2.45, 2.75) is 225 Å². The number of nitrogens with zero attached hydrogens (tertiary/aromatic N) is 1. The summed E-state index contributed by atoms with van der Waals surface area (Å²) in [5, 5.41) is 13.7. The van der Waals surface area contributed by atoms with E-state index in [4.69, 9.17) is 9.05 Å². The third-order valence-corrected chi connectivity index (χ3v) is 11.2. The van der Waals surface area contributed by atoms with Crippen molar-refractivity contribution in [3.05, 3.63) is 12.2 Å². The summed E-state index contributed by atoms with van der Waals surface area (Å²) in [7, 11) is 1.27. The van der Waals surface area contributed by atoms with Gasteiger partial charge in [0.2, 0.25) is 5.91 Å². The maximum atomic E-state index is 12.8. The molecule has 0 aliphatic carbocycles. The number of likely N-dealkylation sites (N-methyl/N-ethyl adjacent to an activating group) is 1. The number of carbonyl (C=O) groups is 1. The lowest BCUT2D eigenvalue weighted by atomic mass is 10.0. The van der Waals surface area contributed by atoms with E-state index in [0.29, 0.717) is 17.4 Å². The fourth-order valence-electron chi connectivity index (χ4n) is 6.62. The van der Waals surface area contributed by atoms with Crippen LogP contribution in [0.4, 0.5) is 0 Å². The van der Waals surface area contributed by atoms with Gasteiger partial charge in [-0.2, -0.15) is 0 Å². The molecule has 0 aromatic carbocycles. The minimum atomic E-state index is -4.58. The van der Waals surface area contributed by atoms with Crippen molar-refractivity contribution in [3.63, 3.8) is 0 Å². The van der Waals surface area contributed by atoms with Crippen molar-refractivity contribution in [1.29, 1.82) is 0 Å². The first kappa shape index (κ1) is 52.2. The van der Waals surface area contributed by atoms with E-state index in [9.17, 15) is 19.4 Å². The zero-order chi connectivity index (χ0) is 39.3. The molecule has 53 heavy (non-hydrogen) atoms. The average Bonchev–Trinajstić information content (AvgIpc) is 3.10. The van der Waals surface area contributed by atoms with Crippen LogP contribution in [0.2, 0.25) is 0 Å². The smallest absolute Gasteiger partial charge is 0.268 e. The lowest BCUT2D eigenvalue weighted by molar-refractivity contribution is -0.870. The largest absolute Gasteiger partial charge is 0.756 e. The molecule has 0 saturated carbocycles. The third kappa shape index (κ3) is 39.3. The first-order valence-corrected chi connectivity index (χ1v) is 24.0. The molecule has 0 fully saturated rings. The van der Waals surface area contributed by atoms with Crippen molar-refractivity contribution in [3.8, 4) is 0 Å². The van der Waals surface area contributed by atoms with Crippen LogP contribution in [-0.2, 0) is 18.4 Å². The Balaban J connectivity index is 4.23. The van der Waals surface area contributed by atoms with E-state index in [1.807, 2.05) is 27.2 Å². The van der Waals surface area contributed by atoms with Crippen LogP contribution in [0.3, 0.4) is 0 Å². The monoisotopic (exact) mass is 773 g/mol. The van der Waals surface area contributed by atoms with Crippen molar-refractivity contribution in [2.24, 2.45) is 0 Å². The molecule has 0 aromatic rings. The Morgan fingerprint density at radius 3 is 1.42 bits per heavy atom. The highest BCUT2D eigenvalue weighted by Gasteiger charge is 2.23. The molecule has 0 aliphatic rings. The number of aliphatic hydroxyl groups excluding tert-OH is 1. The molecule has 0 spiro atoms. The molecule has 9 heteroatoms. The molecule has 0 aliphatic heterocycles. The number of hydrogen-bond acceptors (Lipinski definition) is 6. The van der Waals surface area contributed by atoms with E-state index in [2.05, 4.69) is 19.2 Å². The Kier molecular flexibility index (Phi) is 36.3. The second kappa shape index (κ2) is 36.9. The summed E-state index contributed by atoms with van der Waals surface area (Å²) in [6.45, 7) is 4.64. The molecule has 316 valence electrons. The summed E-state index contributed by atoms with van der Waals surface area (Å²) >= 11 is 0. The van der Waals surface area contributed by atoms with E-state index < -0.39 is 20.0 Å². The van der Waals surface area contributed by atoms with Crippen molar-refractivity contribution in [1.82, 2.24) is 5.32 Å². The minimum Gasteiger partial charge on any atom is -0.756 e. The summed E-state index contributed by atoms with van der Waals surface area (Å²) in [5.74, 6) is -0.196. The molecule has 8 nitrogen and oxygen atoms in total. The molecule has 0 radical (unpaired) electrons. The van der Waals surface area contributed by atoms with Gasteiger partial charge in [0.15, 0.2) is 0 Å². The molecule has 3 atom stereocenters. The Hall–Kier alpha value is -0.760. The molecule has 0 saturated heterocycles. The number of phosphoric acid groups is 1. The average molecular weight is 773 g/mol. The summed E-state index contributed by atoms with van der Waals surface area (Å²) < 4.78 is 23.1. The zero-order valence-corrected chi connectivity index (χ0v) is 36.6. The second-order valence-corrected chi connectivity index (χ2v) is 18.2. The molecular weight excluding hydrogens is 683 g/mol. The number of quaternary nitrogens is 1.